The summed E-state index contributed by atoms with van der Waals surface area (Å²) in [4.78, 5) is 1.37. The highest BCUT2D eigenvalue weighted by Crippen LogP contribution is 2.31. The number of halogens is 4. The van der Waals surface area contributed by atoms with E-state index in [1.54, 1.807) is 0 Å². The first-order chi connectivity index (χ1) is 8.95. The molecular weight excluding hydrogens is 260 g/mol. The zero-order chi connectivity index (χ0) is 14.2. The predicted molar refractivity (Wildman–Crippen MR) is 65.1 cm³/mol. The summed E-state index contributed by atoms with van der Waals surface area (Å²) in [7, 11) is 1.82. The molecule has 0 saturated carbocycles. The summed E-state index contributed by atoms with van der Waals surface area (Å²) in [6.45, 7) is 2.63. The summed E-state index contributed by atoms with van der Waals surface area (Å²) in [5, 5.41) is 3.12. The van der Waals surface area contributed by atoms with E-state index >= 15 is 0 Å². The molecule has 0 aliphatic carbocycles. The van der Waals surface area contributed by atoms with E-state index in [1.165, 1.54) is 4.90 Å². The zero-order valence-corrected chi connectivity index (χ0v) is 10.8. The number of benzene rings is 1. The molecule has 1 heterocycles. The SMILES string of the molecule is CNC1CCN(c2c(F)c(F)cc(F)c2F)CC1C. The Morgan fingerprint density at radius 2 is 1.74 bits per heavy atom. The first kappa shape index (κ1) is 14.1. The number of nitrogens with one attached hydrogen (secondary N) is 1. The third-order valence-corrected chi connectivity index (χ3v) is 3.68. The second-order valence-corrected chi connectivity index (χ2v) is 4.92. The van der Waals surface area contributed by atoms with Crippen LogP contribution in [0, 0.1) is 29.2 Å². The average molecular weight is 276 g/mol. The highest BCUT2D eigenvalue weighted by Gasteiger charge is 2.30. The fourth-order valence-corrected chi connectivity index (χ4v) is 2.62. The molecule has 6 heteroatoms. The number of nitrogens with zero attached hydrogens (tertiary/aromatic N) is 1. The molecule has 19 heavy (non-hydrogen) atoms. The smallest absolute Gasteiger partial charge is 0.185 e. The van der Waals surface area contributed by atoms with Gasteiger partial charge in [-0.2, -0.15) is 0 Å². The molecule has 1 fully saturated rings. The van der Waals surface area contributed by atoms with Crippen molar-refractivity contribution in [3.63, 3.8) is 0 Å². The Balaban J connectivity index is 2.33. The molecule has 0 bridgehead atoms. The summed E-state index contributed by atoms with van der Waals surface area (Å²) >= 11 is 0. The molecule has 1 aliphatic rings. The van der Waals surface area contributed by atoms with Crippen molar-refractivity contribution in [3.8, 4) is 0 Å². The van der Waals surface area contributed by atoms with E-state index in [9.17, 15) is 17.6 Å². The molecule has 0 aromatic heterocycles. The van der Waals surface area contributed by atoms with Gasteiger partial charge in [-0.05, 0) is 19.4 Å². The minimum absolute atomic E-state index is 0.129. The Bertz CT molecular complexity index is 452. The van der Waals surface area contributed by atoms with Crippen LogP contribution in [0.3, 0.4) is 0 Å². The van der Waals surface area contributed by atoms with E-state index in [-0.39, 0.29) is 18.0 Å². The third kappa shape index (κ3) is 2.54. The fourth-order valence-electron chi connectivity index (χ4n) is 2.62. The first-order valence-electron chi connectivity index (χ1n) is 6.21. The van der Waals surface area contributed by atoms with E-state index in [4.69, 9.17) is 0 Å². The Labute approximate surface area is 109 Å². The largest absolute Gasteiger partial charge is 0.366 e. The second-order valence-electron chi connectivity index (χ2n) is 4.92. The van der Waals surface area contributed by atoms with Gasteiger partial charge in [-0.3, -0.25) is 0 Å². The number of hydrogen-bond donors (Lipinski definition) is 1. The topological polar surface area (TPSA) is 15.3 Å². The summed E-state index contributed by atoms with van der Waals surface area (Å²) < 4.78 is 53.8. The van der Waals surface area contributed by atoms with Gasteiger partial charge in [0.2, 0.25) is 0 Å². The summed E-state index contributed by atoms with van der Waals surface area (Å²) in [5.41, 5.74) is -0.598. The molecule has 2 unspecified atom stereocenters. The second kappa shape index (κ2) is 5.36. The molecule has 1 aliphatic heterocycles. The van der Waals surface area contributed by atoms with Crippen LogP contribution in [0.15, 0.2) is 6.07 Å². The Hall–Kier alpha value is -1.30. The summed E-state index contributed by atoms with van der Waals surface area (Å²) in [5.74, 6) is -5.25. The van der Waals surface area contributed by atoms with Crippen molar-refractivity contribution in [1.29, 1.82) is 0 Å². The summed E-state index contributed by atoms with van der Waals surface area (Å²) in [6.07, 6.45) is 0.661. The molecule has 0 radical (unpaired) electrons. The van der Waals surface area contributed by atoms with Gasteiger partial charge in [0.1, 0.15) is 5.69 Å². The number of rotatable bonds is 2. The highest BCUT2D eigenvalue weighted by molar-refractivity contribution is 5.50. The zero-order valence-electron chi connectivity index (χ0n) is 10.8. The fraction of sp³-hybridized carbons (Fsp3) is 0.538. The van der Waals surface area contributed by atoms with Crippen molar-refractivity contribution in [3.05, 3.63) is 29.3 Å². The molecule has 2 rings (SSSR count). The van der Waals surface area contributed by atoms with Crippen molar-refractivity contribution in [2.75, 3.05) is 25.0 Å². The van der Waals surface area contributed by atoms with E-state index < -0.39 is 29.0 Å². The van der Waals surface area contributed by atoms with Gasteiger partial charge < -0.3 is 10.2 Å². The molecule has 1 N–H and O–H groups in total. The quantitative estimate of drug-likeness (QED) is 0.660. The van der Waals surface area contributed by atoms with Crippen molar-refractivity contribution in [2.45, 2.75) is 19.4 Å². The van der Waals surface area contributed by atoms with Gasteiger partial charge in [-0.15, -0.1) is 0 Å². The molecule has 1 saturated heterocycles. The van der Waals surface area contributed by atoms with Gasteiger partial charge in [-0.1, -0.05) is 6.92 Å². The van der Waals surface area contributed by atoms with Crippen LogP contribution in [0.2, 0.25) is 0 Å². The van der Waals surface area contributed by atoms with Crippen molar-refractivity contribution < 1.29 is 17.6 Å². The van der Waals surface area contributed by atoms with Gasteiger partial charge in [0.25, 0.3) is 0 Å². The standard InChI is InChI=1S/C13H16F4N2/c1-7-6-19(4-3-10(7)18-2)13-11(16)8(14)5-9(15)12(13)17/h5,7,10,18H,3-4,6H2,1-2H3. The molecule has 106 valence electrons. The van der Waals surface area contributed by atoms with E-state index in [2.05, 4.69) is 5.32 Å². The third-order valence-electron chi connectivity index (χ3n) is 3.68. The minimum Gasteiger partial charge on any atom is -0.366 e. The maximum absolute atomic E-state index is 13.7. The van der Waals surface area contributed by atoms with Crippen molar-refractivity contribution in [1.82, 2.24) is 5.32 Å². The molecule has 2 atom stereocenters. The highest BCUT2D eigenvalue weighted by atomic mass is 19.2. The molecule has 1 aromatic carbocycles. The van der Waals surface area contributed by atoms with Crippen LogP contribution in [0.1, 0.15) is 13.3 Å². The molecule has 1 aromatic rings. The lowest BCUT2D eigenvalue weighted by atomic mass is 9.93. The van der Waals surface area contributed by atoms with E-state index in [0.29, 0.717) is 19.5 Å². The van der Waals surface area contributed by atoms with Gasteiger partial charge >= 0.3 is 0 Å². The van der Waals surface area contributed by atoms with Crippen LogP contribution in [-0.4, -0.2) is 26.2 Å². The summed E-state index contributed by atoms with van der Waals surface area (Å²) in [6, 6.07) is 0.471. The molecular formula is C13H16F4N2. The van der Waals surface area contributed by atoms with Crippen LogP contribution in [0.5, 0.6) is 0 Å². The lowest BCUT2D eigenvalue weighted by molar-refractivity contribution is 0.332. The number of hydrogen-bond acceptors (Lipinski definition) is 2. The lowest BCUT2D eigenvalue weighted by Crippen LogP contribution is -2.47. The van der Waals surface area contributed by atoms with Gasteiger partial charge in [0.15, 0.2) is 23.3 Å². The maximum atomic E-state index is 13.7. The Morgan fingerprint density at radius 1 is 1.16 bits per heavy atom. The Kier molecular flexibility index (Phi) is 3.99. The number of anilines is 1. The minimum atomic E-state index is -1.36. The van der Waals surface area contributed by atoms with Crippen LogP contribution in [-0.2, 0) is 0 Å². The van der Waals surface area contributed by atoms with Gasteiger partial charge in [0.05, 0.1) is 0 Å². The van der Waals surface area contributed by atoms with Crippen LogP contribution in [0.25, 0.3) is 0 Å². The van der Waals surface area contributed by atoms with E-state index in [1.807, 2.05) is 14.0 Å². The van der Waals surface area contributed by atoms with Gasteiger partial charge in [0, 0.05) is 25.2 Å². The molecule has 0 spiro atoms. The van der Waals surface area contributed by atoms with E-state index in [0.717, 1.165) is 0 Å². The van der Waals surface area contributed by atoms with Crippen LogP contribution < -0.4 is 10.2 Å². The monoisotopic (exact) mass is 276 g/mol. The average Bonchev–Trinajstić information content (AvgIpc) is 2.37. The normalized spacial score (nSPS) is 23.8. The van der Waals surface area contributed by atoms with Crippen molar-refractivity contribution >= 4 is 5.69 Å². The lowest BCUT2D eigenvalue weighted by Gasteiger charge is -2.38. The van der Waals surface area contributed by atoms with Gasteiger partial charge in [-0.25, -0.2) is 17.6 Å². The maximum Gasteiger partial charge on any atom is 0.185 e. The molecule has 2 nitrogen and oxygen atoms in total. The van der Waals surface area contributed by atoms with Crippen LogP contribution in [0.4, 0.5) is 23.2 Å². The van der Waals surface area contributed by atoms with Crippen LogP contribution >= 0.6 is 0 Å². The van der Waals surface area contributed by atoms with Crippen molar-refractivity contribution in [2.24, 2.45) is 5.92 Å². The molecule has 0 amide bonds. The number of piperidine rings is 1. The predicted octanol–water partition coefficient (Wildman–Crippen LogP) is 2.68. The Morgan fingerprint density at radius 3 is 2.21 bits per heavy atom. The first-order valence-corrected chi connectivity index (χ1v) is 6.21.